The molecule has 0 saturated carbocycles. The number of ether oxygens (including phenoxy) is 1. The first-order valence-corrected chi connectivity index (χ1v) is 5.82. The average molecular weight is 248 g/mol. The maximum absolute atomic E-state index is 12.0. The molecule has 5 heteroatoms. The maximum Gasteiger partial charge on any atom is 0.247 e. The summed E-state index contributed by atoms with van der Waals surface area (Å²) in [6.45, 7) is 0. The molecule has 1 aromatic carbocycles. The number of likely N-dealkylation sites (N-methyl/N-ethyl adjacent to an activating group) is 1. The molecule has 0 spiro atoms. The van der Waals surface area contributed by atoms with Gasteiger partial charge in [-0.25, -0.2) is 0 Å². The maximum atomic E-state index is 12.0. The van der Waals surface area contributed by atoms with Crippen molar-refractivity contribution in [3.05, 3.63) is 24.3 Å². The molecule has 1 aliphatic heterocycles. The van der Waals surface area contributed by atoms with Crippen molar-refractivity contribution in [2.45, 2.75) is 18.9 Å². The van der Waals surface area contributed by atoms with Gasteiger partial charge >= 0.3 is 0 Å². The van der Waals surface area contributed by atoms with Gasteiger partial charge in [0.25, 0.3) is 0 Å². The summed E-state index contributed by atoms with van der Waals surface area (Å²) >= 11 is 0. The molecular weight excluding hydrogens is 232 g/mol. The fraction of sp³-hybridized carbons (Fsp3) is 0.385. The molecular formula is C13H16N2O3. The molecule has 0 radical (unpaired) electrons. The van der Waals surface area contributed by atoms with Gasteiger partial charge in [0, 0.05) is 25.2 Å². The predicted molar refractivity (Wildman–Crippen MR) is 67.4 cm³/mol. The number of amides is 2. The molecule has 1 N–H and O–H groups in total. The van der Waals surface area contributed by atoms with Crippen molar-refractivity contribution in [3.63, 3.8) is 0 Å². The van der Waals surface area contributed by atoms with Crippen molar-refractivity contribution < 1.29 is 14.3 Å². The summed E-state index contributed by atoms with van der Waals surface area (Å²) in [6.07, 6.45) is 1.01. The molecule has 18 heavy (non-hydrogen) atoms. The summed E-state index contributed by atoms with van der Waals surface area (Å²) in [7, 11) is 3.23. The Morgan fingerprint density at radius 3 is 2.89 bits per heavy atom. The largest absolute Gasteiger partial charge is 0.497 e. The number of nitrogens with one attached hydrogen (secondary N) is 1. The quantitative estimate of drug-likeness (QED) is 0.876. The van der Waals surface area contributed by atoms with Crippen LogP contribution in [0.3, 0.4) is 0 Å². The minimum absolute atomic E-state index is 0.0146. The van der Waals surface area contributed by atoms with Crippen molar-refractivity contribution in [1.29, 1.82) is 0 Å². The van der Waals surface area contributed by atoms with E-state index in [1.54, 1.807) is 38.4 Å². The normalized spacial score (nSPS) is 18.9. The Labute approximate surface area is 106 Å². The van der Waals surface area contributed by atoms with Crippen LogP contribution in [0.4, 0.5) is 5.69 Å². The monoisotopic (exact) mass is 248 g/mol. The van der Waals surface area contributed by atoms with Gasteiger partial charge in [0.1, 0.15) is 11.8 Å². The first kappa shape index (κ1) is 12.4. The topological polar surface area (TPSA) is 58.6 Å². The van der Waals surface area contributed by atoms with E-state index < -0.39 is 0 Å². The smallest absolute Gasteiger partial charge is 0.247 e. The molecule has 1 atom stereocenters. The minimum atomic E-state index is -0.372. The van der Waals surface area contributed by atoms with E-state index in [1.165, 1.54) is 4.90 Å². The third-order valence-corrected chi connectivity index (χ3v) is 3.13. The van der Waals surface area contributed by atoms with E-state index in [9.17, 15) is 9.59 Å². The lowest BCUT2D eigenvalue weighted by molar-refractivity contribution is -0.131. The molecule has 1 saturated heterocycles. The van der Waals surface area contributed by atoms with Gasteiger partial charge in [0.05, 0.1) is 7.11 Å². The van der Waals surface area contributed by atoms with Gasteiger partial charge < -0.3 is 15.0 Å². The van der Waals surface area contributed by atoms with Gasteiger partial charge in [-0.2, -0.15) is 0 Å². The first-order valence-electron chi connectivity index (χ1n) is 5.82. The summed E-state index contributed by atoms with van der Waals surface area (Å²) in [5.74, 6) is 0.543. The molecule has 1 unspecified atom stereocenters. The molecule has 96 valence electrons. The Bertz CT molecular complexity index is 473. The highest BCUT2D eigenvalue weighted by molar-refractivity contribution is 5.99. The second-order valence-electron chi connectivity index (χ2n) is 4.28. The number of methoxy groups -OCH3 is 1. The van der Waals surface area contributed by atoms with E-state index >= 15 is 0 Å². The first-order chi connectivity index (χ1) is 8.61. The second kappa shape index (κ2) is 5.08. The van der Waals surface area contributed by atoms with Gasteiger partial charge in [0.15, 0.2) is 0 Å². The Morgan fingerprint density at radius 1 is 1.50 bits per heavy atom. The number of hydrogen-bond donors (Lipinski definition) is 1. The summed E-state index contributed by atoms with van der Waals surface area (Å²) < 4.78 is 5.08. The average Bonchev–Trinajstić information content (AvgIpc) is 2.70. The zero-order valence-electron chi connectivity index (χ0n) is 10.5. The highest BCUT2D eigenvalue weighted by atomic mass is 16.5. The van der Waals surface area contributed by atoms with Crippen molar-refractivity contribution in [2.75, 3.05) is 19.5 Å². The number of rotatable bonds is 3. The molecule has 1 fully saturated rings. The summed E-state index contributed by atoms with van der Waals surface area (Å²) in [6, 6.07) is 6.77. The number of nitrogens with zero attached hydrogens (tertiary/aromatic N) is 1. The van der Waals surface area contributed by atoms with Crippen LogP contribution in [0.15, 0.2) is 24.3 Å². The van der Waals surface area contributed by atoms with Crippen molar-refractivity contribution in [2.24, 2.45) is 0 Å². The van der Waals surface area contributed by atoms with Crippen LogP contribution >= 0.6 is 0 Å². The van der Waals surface area contributed by atoms with Crippen LogP contribution < -0.4 is 10.1 Å². The molecule has 1 aromatic rings. The highest BCUT2D eigenvalue weighted by Gasteiger charge is 2.33. The Balaban J connectivity index is 2.05. The van der Waals surface area contributed by atoms with Crippen LogP contribution in [0, 0.1) is 0 Å². The lowest BCUT2D eigenvalue weighted by Crippen LogP contribution is -2.38. The zero-order valence-corrected chi connectivity index (χ0v) is 10.5. The van der Waals surface area contributed by atoms with E-state index in [4.69, 9.17) is 4.74 Å². The van der Waals surface area contributed by atoms with Gasteiger partial charge in [-0.15, -0.1) is 0 Å². The molecule has 0 aromatic heterocycles. The predicted octanol–water partition coefficient (Wildman–Crippen LogP) is 1.25. The van der Waals surface area contributed by atoms with Crippen molar-refractivity contribution >= 4 is 17.5 Å². The van der Waals surface area contributed by atoms with E-state index in [2.05, 4.69) is 5.32 Å². The number of anilines is 1. The van der Waals surface area contributed by atoms with Gasteiger partial charge in [-0.1, -0.05) is 6.07 Å². The summed E-state index contributed by atoms with van der Waals surface area (Å²) in [4.78, 5) is 24.9. The van der Waals surface area contributed by atoms with Crippen LogP contribution in [0.25, 0.3) is 0 Å². The van der Waals surface area contributed by atoms with E-state index in [0.717, 1.165) is 0 Å². The number of carbonyl (C=O) groups is 2. The number of likely N-dealkylation sites (tertiary alicyclic amines) is 1. The van der Waals surface area contributed by atoms with Gasteiger partial charge in [-0.3, -0.25) is 9.59 Å². The third kappa shape index (κ3) is 2.45. The minimum Gasteiger partial charge on any atom is -0.497 e. The lowest BCUT2D eigenvalue weighted by atomic mass is 10.2. The lowest BCUT2D eigenvalue weighted by Gasteiger charge is -2.19. The standard InChI is InChI=1S/C13H16N2O3/c1-15-11(6-7-12(15)16)13(17)14-9-4-3-5-10(8-9)18-2/h3-5,8,11H,6-7H2,1-2H3,(H,14,17). The summed E-state index contributed by atoms with van der Waals surface area (Å²) in [5, 5.41) is 2.80. The Hall–Kier alpha value is -2.04. The molecule has 1 aliphatic rings. The zero-order chi connectivity index (χ0) is 13.1. The highest BCUT2D eigenvalue weighted by Crippen LogP contribution is 2.20. The Morgan fingerprint density at radius 2 is 2.28 bits per heavy atom. The molecule has 2 amide bonds. The fourth-order valence-corrected chi connectivity index (χ4v) is 2.04. The van der Waals surface area contributed by atoms with Crippen molar-refractivity contribution in [3.8, 4) is 5.75 Å². The molecule has 5 nitrogen and oxygen atoms in total. The fourth-order valence-electron chi connectivity index (χ4n) is 2.04. The van der Waals surface area contributed by atoms with E-state index in [-0.39, 0.29) is 17.9 Å². The van der Waals surface area contributed by atoms with E-state index in [0.29, 0.717) is 24.3 Å². The number of hydrogen-bond acceptors (Lipinski definition) is 3. The molecule has 0 aliphatic carbocycles. The number of carbonyl (C=O) groups excluding carboxylic acids is 2. The molecule has 0 bridgehead atoms. The number of benzene rings is 1. The van der Waals surface area contributed by atoms with Crippen LogP contribution in [-0.2, 0) is 9.59 Å². The third-order valence-electron chi connectivity index (χ3n) is 3.13. The second-order valence-corrected chi connectivity index (χ2v) is 4.28. The Kier molecular flexibility index (Phi) is 3.50. The van der Waals surface area contributed by atoms with Crippen LogP contribution in [0.2, 0.25) is 0 Å². The van der Waals surface area contributed by atoms with Crippen LogP contribution in [-0.4, -0.2) is 36.9 Å². The van der Waals surface area contributed by atoms with Crippen LogP contribution in [0.1, 0.15) is 12.8 Å². The van der Waals surface area contributed by atoms with Crippen LogP contribution in [0.5, 0.6) is 5.75 Å². The molecule has 1 heterocycles. The summed E-state index contributed by atoms with van der Waals surface area (Å²) in [5.41, 5.74) is 0.673. The van der Waals surface area contributed by atoms with E-state index in [1.807, 2.05) is 0 Å². The van der Waals surface area contributed by atoms with Crippen molar-refractivity contribution in [1.82, 2.24) is 4.90 Å². The SMILES string of the molecule is COc1cccc(NC(=O)C2CCC(=O)N2C)c1. The van der Waals surface area contributed by atoms with Gasteiger partial charge in [0.2, 0.25) is 11.8 Å². The molecule has 2 rings (SSSR count). The van der Waals surface area contributed by atoms with Gasteiger partial charge in [-0.05, 0) is 18.6 Å².